The number of aromatic nitrogens is 1. The molecule has 160 valence electrons. The Morgan fingerprint density at radius 1 is 1.19 bits per heavy atom. The van der Waals surface area contributed by atoms with Gasteiger partial charge in [0.2, 0.25) is 5.91 Å². The van der Waals surface area contributed by atoms with E-state index in [1.54, 1.807) is 18.2 Å². The molecule has 0 saturated carbocycles. The number of benzene rings is 2. The van der Waals surface area contributed by atoms with Crippen LogP contribution in [0.1, 0.15) is 39.8 Å². The first kappa shape index (κ1) is 21.0. The molecule has 3 aromatic rings. The van der Waals surface area contributed by atoms with E-state index in [4.69, 9.17) is 0 Å². The highest BCUT2D eigenvalue weighted by atomic mass is 32.1. The molecule has 0 spiro atoms. The number of thiazole rings is 1. The third kappa shape index (κ3) is 3.56. The molecule has 31 heavy (non-hydrogen) atoms. The summed E-state index contributed by atoms with van der Waals surface area (Å²) in [5.74, 6) is -2.48. The molecule has 2 heterocycles. The fraction of sp³-hybridized carbons (Fsp3) is 0.238. The number of rotatable bonds is 4. The number of alkyl halides is 3. The van der Waals surface area contributed by atoms with Crippen LogP contribution in [0.3, 0.4) is 0 Å². The molecule has 0 radical (unpaired) electrons. The van der Waals surface area contributed by atoms with Crippen LogP contribution in [0, 0.1) is 0 Å². The molecular weight excluding hydrogens is 433 g/mol. The Bertz CT molecular complexity index is 1240. The second-order valence-electron chi connectivity index (χ2n) is 7.43. The summed E-state index contributed by atoms with van der Waals surface area (Å²) < 4.78 is 39.4. The lowest BCUT2D eigenvalue weighted by Gasteiger charge is -2.38. The number of imide groups is 1. The summed E-state index contributed by atoms with van der Waals surface area (Å²) in [6.07, 6.45) is -5.03. The summed E-state index contributed by atoms with van der Waals surface area (Å²) in [4.78, 5) is 42.8. The fourth-order valence-electron chi connectivity index (χ4n) is 3.77. The van der Waals surface area contributed by atoms with Gasteiger partial charge in [0.15, 0.2) is 0 Å². The van der Waals surface area contributed by atoms with Crippen LogP contribution in [0.25, 0.3) is 10.2 Å². The van der Waals surface area contributed by atoms with Crippen LogP contribution in [0.2, 0.25) is 0 Å². The first-order chi connectivity index (χ1) is 14.5. The zero-order valence-corrected chi connectivity index (χ0v) is 16.9. The fourth-order valence-corrected chi connectivity index (χ4v) is 4.71. The number of nitrogens with zero attached hydrogens (tertiary/aromatic N) is 2. The zero-order valence-electron chi connectivity index (χ0n) is 16.1. The van der Waals surface area contributed by atoms with Crippen molar-refractivity contribution in [3.63, 3.8) is 0 Å². The van der Waals surface area contributed by atoms with Crippen molar-refractivity contribution >= 4 is 39.3 Å². The summed E-state index contributed by atoms with van der Waals surface area (Å²) in [6.45, 7) is 1.21. The number of carboxylic acids is 1. The Morgan fingerprint density at radius 3 is 2.58 bits per heavy atom. The van der Waals surface area contributed by atoms with Crippen molar-refractivity contribution in [2.45, 2.75) is 31.5 Å². The average molecular weight is 448 g/mol. The van der Waals surface area contributed by atoms with Crippen LogP contribution in [0.5, 0.6) is 0 Å². The van der Waals surface area contributed by atoms with Crippen LogP contribution in [0.15, 0.2) is 42.5 Å². The first-order valence-corrected chi connectivity index (χ1v) is 9.96. The van der Waals surface area contributed by atoms with Crippen LogP contribution >= 0.6 is 11.3 Å². The highest BCUT2D eigenvalue weighted by Crippen LogP contribution is 2.39. The van der Waals surface area contributed by atoms with E-state index in [2.05, 4.69) is 4.98 Å². The lowest BCUT2D eigenvalue weighted by Crippen LogP contribution is -2.53. The number of carbonyl (C=O) groups is 3. The maximum absolute atomic E-state index is 13.2. The molecule has 1 N–H and O–H groups in total. The van der Waals surface area contributed by atoms with Gasteiger partial charge in [-0.25, -0.2) is 4.98 Å². The molecule has 2 aromatic carbocycles. The van der Waals surface area contributed by atoms with Crippen molar-refractivity contribution in [1.82, 2.24) is 9.88 Å². The summed E-state index contributed by atoms with van der Waals surface area (Å²) in [7, 11) is 0. The van der Waals surface area contributed by atoms with Crippen molar-refractivity contribution in [2.24, 2.45) is 0 Å². The topological polar surface area (TPSA) is 87.6 Å². The largest absolute Gasteiger partial charge is 0.481 e. The number of hydrogen-bond acceptors (Lipinski definition) is 5. The molecule has 1 aliphatic rings. The number of hydrogen-bond donors (Lipinski definition) is 1. The number of amides is 2. The summed E-state index contributed by atoms with van der Waals surface area (Å²) >= 11 is 1.07. The third-order valence-corrected chi connectivity index (χ3v) is 6.29. The standard InChI is InChI=1S/C21H15F3N2O4S/c1-20(9-17(27)28)13-5-3-2-4-12(13)18(29)26(19(20)30)10-16-25-14-8-11(21(22,23)24)6-7-15(14)31-16/h2-8H,9-10H2,1H3,(H,27,28). The van der Waals surface area contributed by atoms with E-state index in [1.807, 2.05) is 0 Å². The molecule has 4 rings (SSSR count). The Balaban J connectivity index is 1.74. The molecule has 0 saturated heterocycles. The third-order valence-electron chi connectivity index (χ3n) is 5.27. The van der Waals surface area contributed by atoms with Crippen molar-refractivity contribution in [2.75, 3.05) is 0 Å². The minimum atomic E-state index is -4.51. The number of halogens is 3. The summed E-state index contributed by atoms with van der Waals surface area (Å²) in [5.41, 5.74) is -1.64. The average Bonchev–Trinajstić information content (AvgIpc) is 3.10. The Kier molecular flexibility index (Phi) is 4.84. The van der Waals surface area contributed by atoms with Gasteiger partial charge in [-0.1, -0.05) is 18.2 Å². The Hall–Kier alpha value is -3.27. The normalized spacial score (nSPS) is 19.0. The van der Waals surface area contributed by atoms with E-state index in [-0.39, 0.29) is 22.6 Å². The van der Waals surface area contributed by atoms with Crippen molar-refractivity contribution in [3.05, 3.63) is 64.2 Å². The van der Waals surface area contributed by atoms with E-state index in [0.29, 0.717) is 10.3 Å². The number of aliphatic carboxylic acids is 1. The van der Waals surface area contributed by atoms with Gasteiger partial charge in [-0.15, -0.1) is 11.3 Å². The molecule has 1 atom stereocenters. The summed E-state index contributed by atoms with van der Waals surface area (Å²) in [5, 5.41) is 9.62. The molecule has 0 bridgehead atoms. The van der Waals surface area contributed by atoms with Gasteiger partial charge in [-0.2, -0.15) is 13.2 Å². The Morgan fingerprint density at radius 2 is 1.90 bits per heavy atom. The maximum Gasteiger partial charge on any atom is 0.416 e. The highest BCUT2D eigenvalue weighted by Gasteiger charge is 2.48. The minimum absolute atomic E-state index is 0.112. The van der Waals surface area contributed by atoms with Crippen molar-refractivity contribution in [1.29, 1.82) is 0 Å². The molecule has 6 nitrogen and oxygen atoms in total. The molecule has 1 aromatic heterocycles. The van der Waals surface area contributed by atoms with E-state index in [1.165, 1.54) is 19.1 Å². The lowest BCUT2D eigenvalue weighted by atomic mass is 9.73. The molecule has 0 fully saturated rings. The molecule has 1 aliphatic heterocycles. The zero-order chi connectivity index (χ0) is 22.6. The van der Waals surface area contributed by atoms with Gasteiger partial charge in [0, 0.05) is 5.56 Å². The minimum Gasteiger partial charge on any atom is -0.481 e. The second kappa shape index (κ2) is 7.16. The molecule has 0 aliphatic carbocycles. The monoisotopic (exact) mass is 448 g/mol. The van der Waals surface area contributed by atoms with E-state index in [9.17, 15) is 32.7 Å². The maximum atomic E-state index is 13.2. The predicted molar refractivity (Wildman–Crippen MR) is 106 cm³/mol. The van der Waals surface area contributed by atoms with Gasteiger partial charge in [-0.05, 0) is 36.8 Å². The molecular formula is C21H15F3N2O4S. The van der Waals surface area contributed by atoms with Gasteiger partial charge in [0.1, 0.15) is 5.01 Å². The van der Waals surface area contributed by atoms with Gasteiger partial charge in [0.05, 0.1) is 34.2 Å². The number of carboxylic acid groups (broad SMARTS) is 1. The van der Waals surface area contributed by atoms with Crippen LogP contribution in [0.4, 0.5) is 13.2 Å². The predicted octanol–water partition coefficient (Wildman–Crippen LogP) is 4.23. The van der Waals surface area contributed by atoms with Gasteiger partial charge in [-0.3, -0.25) is 19.3 Å². The van der Waals surface area contributed by atoms with Gasteiger partial charge >= 0.3 is 12.1 Å². The quantitative estimate of drug-likeness (QED) is 0.604. The lowest BCUT2D eigenvalue weighted by molar-refractivity contribution is -0.145. The molecule has 1 unspecified atom stereocenters. The number of carbonyl (C=O) groups excluding carboxylic acids is 2. The van der Waals surface area contributed by atoms with Crippen LogP contribution in [-0.2, 0) is 27.7 Å². The molecule has 2 amide bonds. The van der Waals surface area contributed by atoms with Crippen LogP contribution < -0.4 is 0 Å². The van der Waals surface area contributed by atoms with Crippen molar-refractivity contribution < 1.29 is 32.7 Å². The smallest absolute Gasteiger partial charge is 0.416 e. The highest BCUT2D eigenvalue weighted by molar-refractivity contribution is 7.18. The van der Waals surface area contributed by atoms with Crippen molar-refractivity contribution in [3.8, 4) is 0 Å². The first-order valence-electron chi connectivity index (χ1n) is 9.15. The van der Waals surface area contributed by atoms with Crippen LogP contribution in [-0.4, -0.2) is 32.8 Å². The molecule has 10 heteroatoms. The Labute approximate surface area is 177 Å². The van der Waals surface area contributed by atoms with Gasteiger partial charge in [0.25, 0.3) is 5.91 Å². The van der Waals surface area contributed by atoms with E-state index in [0.717, 1.165) is 28.4 Å². The van der Waals surface area contributed by atoms with E-state index >= 15 is 0 Å². The van der Waals surface area contributed by atoms with Gasteiger partial charge < -0.3 is 5.11 Å². The van der Waals surface area contributed by atoms with E-state index < -0.39 is 41.4 Å². The second-order valence-corrected chi connectivity index (χ2v) is 8.55. The summed E-state index contributed by atoms with van der Waals surface area (Å²) in [6, 6.07) is 9.47. The number of fused-ring (bicyclic) bond motifs is 2. The SMILES string of the molecule is CC1(CC(=O)O)C(=O)N(Cc2nc3cc(C(F)(F)F)ccc3s2)C(=O)c2ccccc21.